The molecular formula is C8H16N3+. The highest BCUT2D eigenvalue weighted by Gasteiger charge is 2.11. The molecule has 0 atom stereocenters. The summed E-state index contributed by atoms with van der Waals surface area (Å²) >= 11 is 0. The molecule has 0 saturated heterocycles. The first kappa shape index (κ1) is 8.31. The maximum absolute atomic E-state index is 2.95. The third-order valence-corrected chi connectivity index (χ3v) is 1.74. The standard InChI is InChI=1S/C8H16N3/c1-2-3-4-5-7-11-8-6-9-10-11/h8-10H,2-5,7H2,1H3/q+1. The predicted molar refractivity (Wildman–Crippen MR) is 44.9 cm³/mol. The number of hydrazine groups is 2. The molecule has 0 radical (unpaired) electrons. The van der Waals surface area contributed by atoms with Crippen molar-refractivity contribution in [3.05, 3.63) is 12.4 Å². The molecule has 0 aromatic heterocycles. The Morgan fingerprint density at radius 2 is 2.27 bits per heavy atom. The van der Waals surface area contributed by atoms with E-state index in [1.54, 1.807) is 0 Å². The molecule has 0 spiro atoms. The summed E-state index contributed by atoms with van der Waals surface area (Å²) in [5.74, 6) is 0. The lowest BCUT2D eigenvalue weighted by atomic mass is 10.2. The van der Waals surface area contributed by atoms with Crippen molar-refractivity contribution in [1.82, 2.24) is 16.0 Å². The van der Waals surface area contributed by atoms with Crippen LogP contribution in [0.15, 0.2) is 6.20 Å². The van der Waals surface area contributed by atoms with Gasteiger partial charge in [-0.25, -0.2) is 5.01 Å². The number of nitrogens with one attached hydrogen (secondary N) is 2. The molecular weight excluding hydrogens is 138 g/mol. The lowest BCUT2D eigenvalue weighted by Gasteiger charge is -2.08. The van der Waals surface area contributed by atoms with Gasteiger partial charge in [-0.2, -0.15) is 0 Å². The SMILES string of the molecule is CCCCCCN1C=[C+]NN1. The Balaban J connectivity index is 1.90. The molecule has 2 N–H and O–H groups in total. The Hall–Kier alpha value is -0.790. The highest BCUT2D eigenvalue weighted by atomic mass is 15.7. The maximum Gasteiger partial charge on any atom is 0.406 e. The van der Waals surface area contributed by atoms with Crippen molar-refractivity contribution < 1.29 is 0 Å². The van der Waals surface area contributed by atoms with E-state index < -0.39 is 0 Å². The second-order valence-electron chi connectivity index (χ2n) is 2.76. The van der Waals surface area contributed by atoms with E-state index in [1.807, 2.05) is 11.2 Å². The van der Waals surface area contributed by atoms with Gasteiger partial charge >= 0.3 is 6.20 Å². The first-order valence-electron chi connectivity index (χ1n) is 4.29. The maximum atomic E-state index is 2.95. The fourth-order valence-electron chi connectivity index (χ4n) is 1.08. The highest BCUT2D eigenvalue weighted by molar-refractivity contribution is 4.75. The molecule has 0 aromatic carbocycles. The molecule has 0 bridgehead atoms. The summed E-state index contributed by atoms with van der Waals surface area (Å²) in [4.78, 5) is 0. The molecule has 0 amide bonds. The summed E-state index contributed by atoms with van der Waals surface area (Å²) in [7, 11) is 0. The molecule has 62 valence electrons. The van der Waals surface area contributed by atoms with Gasteiger partial charge in [-0.05, 0) is 6.42 Å². The van der Waals surface area contributed by atoms with Crippen LogP contribution in [0.1, 0.15) is 32.6 Å². The van der Waals surface area contributed by atoms with Gasteiger partial charge in [0, 0.05) is 6.54 Å². The number of hydrogen-bond donors (Lipinski definition) is 2. The average molecular weight is 154 g/mol. The van der Waals surface area contributed by atoms with E-state index in [0.29, 0.717) is 0 Å². The highest BCUT2D eigenvalue weighted by Crippen LogP contribution is 2.00. The Kier molecular flexibility index (Phi) is 3.73. The van der Waals surface area contributed by atoms with Crippen LogP contribution in [0.3, 0.4) is 0 Å². The molecule has 11 heavy (non-hydrogen) atoms. The summed E-state index contributed by atoms with van der Waals surface area (Å²) in [5, 5.41) is 2.01. The van der Waals surface area contributed by atoms with Gasteiger partial charge in [0.25, 0.3) is 6.20 Å². The summed E-state index contributed by atoms with van der Waals surface area (Å²) in [5.41, 5.74) is 5.73. The van der Waals surface area contributed by atoms with Gasteiger partial charge in [0.1, 0.15) is 0 Å². The Morgan fingerprint density at radius 3 is 2.91 bits per heavy atom. The lowest BCUT2D eigenvalue weighted by molar-refractivity contribution is 0.265. The largest absolute Gasteiger partial charge is 0.406 e. The quantitative estimate of drug-likeness (QED) is 0.460. The van der Waals surface area contributed by atoms with Crippen LogP contribution in [-0.4, -0.2) is 11.6 Å². The van der Waals surface area contributed by atoms with Gasteiger partial charge < -0.3 is 0 Å². The molecule has 3 nitrogen and oxygen atoms in total. The lowest BCUT2D eigenvalue weighted by Crippen LogP contribution is -2.36. The topological polar surface area (TPSA) is 27.3 Å². The molecule has 1 rings (SSSR count). The minimum Gasteiger partial charge on any atom is -0.246 e. The average Bonchev–Trinajstić information content (AvgIpc) is 2.50. The summed E-state index contributed by atoms with van der Waals surface area (Å²) in [6.45, 7) is 3.29. The normalized spacial score (nSPS) is 14.8. The van der Waals surface area contributed by atoms with E-state index >= 15 is 0 Å². The zero-order valence-corrected chi connectivity index (χ0v) is 7.06. The van der Waals surface area contributed by atoms with E-state index in [9.17, 15) is 0 Å². The molecule has 1 aliphatic rings. The van der Waals surface area contributed by atoms with Crippen molar-refractivity contribution in [1.29, 1.82) is 0 Å². The Morgan fingerprint density at radius 1 is 1.36 bits per heavy atom. The fourth-order valence-corrected chi connectivity index (χ4v) is 1.08. The molecule has 0 saturated carbocycles. The second kappa shape index (κ2) is 4.94. The summed E-state index contributed by atoms with van der Waals surface area (Å²) < 4.78 is 0. The first-order valence-corrected chi connectivity index (χ1v) is 4.29. The molecule has 0 fully saturated rings. The van der Waals surface area contributed by atoms with Gasteiger partial charge in [-0.3, -0.25) is 0 Å². The molecule has 3 heteroatoms. The summed E-state index contributed by atoms with van der Waals surface area (Å²) in [6, 6.07) is 0. The van der Waals surface area contributed by atoms with Crippen molar-refractivity contribution in [2.24, 2.45) is 0 Å². The molecule has 1 heterocycles. The van der Waals surface area contributed by atoms with Crippen LogP contribution in [0.5, 0.6) is 0 Å². The van der Waals surface area contributed by atoms with Crippen molar-refractivity contribution in [2.75, 3.05) is 6.54 Å². The smallest absolute Gasteiger partial charge is 0.246 e. The van der Waals surface area contributed by atoms with E-state index in [4.69, 9.17) is 0 Å². The predicted octanol–water partition coefficient (Wildman–Crippen LogP) is 1.17. The van der Waals surface area contributed by atoms with Crippen LogP contribution in [0.4, 0.5) is 0 Å². The van der Waals surface area contributed by atoms with Crippen LogP contribution >= 0.6 is 0 Å². The van der Waals surface area contributed by atoms with Crippen LogP contribution in [0.25, 0.3) is 0 Å². The number of nitrogens with zero attached hydrogens (tertiary/aromatic N) is 1. The molecule has 0 aliphatic carbocycles. The number of rotatable bonds is 5. The Bertz CT molecular complexity index is 123. The van der Waals surface area contributed by atoms with Gasteiger partial charge in [0.05, 0.1) is 0 Å². The van der Waals surface area contributed by atoms with Gasteiger partial charge in [0.2, 0.25) is 0 Å². The van der Waals surface area contributed by atoms with E-state index in [1.165, 1.54) is 25.7 Å². The first-order chi connectivity index (χ1) is 5.43. The van der Waals surface area contributed by atoms with E-state index in [0.717, 1.165) is 6.54 Å². The zero-order valence-electron chi connectivity index (χ0n) is 7.06. The van der Waals surface area contributed by atoms with E-state index in [2.05, 4.69) is 24.1 Å². The van der Waals surface area contributed by atoms with Gasteiger partial charge in [-0.1, -0.05) is 31.6 Å². The van der Waals surface area contributed by atoms with Crippen LogP contribution in [0, 0.1) is 6.20 Å². The minimum absolute atomic E-state index is 1.07. The fraction of sp³-hybridized carbons (Fsp3) is 0.750. The van der Waals surface area contributed by atoms with E-state index in [-0.39, 0.29) is 0 Å². The van der Waals surface area contributed by atoms with Crippen molar-refractivity contribution in [3.8, 4) is 0 Å². The third-order valence-electron chi connectivity index (χ3n) is 1.74. The number of hydrogen-bond acceptors (Lipinski definition) is 3. The minimum atomic E-state index is 1.07. The van der Waals surface area contributed by atoms with Crippen LogP contribution in [-0.2, 0) is 0 Å². The monoisotopic (exact) mass is 154 g/mol. The zero-order chi connectivity index (χ0) is 7.94. The molecule has 1 aliphatic heterocycles. The van der Waals surface area contributed by atoms with Crippen molar-refractivity contribution in [2.45, 2.75) is 32.6 Å². The van der Waals surface area contributed by atoms with Crippen LogP contribution in [0.2, 0.25) is 0 Å². The van der Waals surface area contributed by atoms with Crippen molar-refractivity contribution in [3.63, 3.8) is 0 Å². The van der Waals surface area contributed by atoms with Crippen LogP contribution < -0.4 is 11.0 Å². The molecule has 0 unspecified atom stereocenters. The Labute approximate surface area is 68.4 Å². The third kappa shape index (κ3) is 3.21. The number of unbranched alkanes of at least 4 members (excludes halogenated alkanes) is 3. The van der Waals surface area contributed by atoms with Gasteiger partial charge in [0.15, 0.2) is 0 Å². The van der Waals surface area contributed by atoms with Crippen molar-refractivity contribution >= 4 is 0 Å². The van der Waals surface area contributed by atoms with Gasteiger partial charge in [-0.15, -0.1) is 5.53 Å². The summed E-state index contributed by atoms with van der Waals surface area (Å²) in [6.07, 6.45) is 9.96. The second-order valence-corrected chi connectivity index (χ2v) is 2.76. The molecule has 0 aromatic rings.